The maximum atomic E-state index is 10.9. The van der Waals surface area contributed by atoms with Crippen LogP contribution in [0.25, 0.3) is 0 Å². The van der Waals surface area contributed by atoms with E-state index in [4.69, 9.17) is 9.84 Å². The Morgan fingerprint density at radius 1 is 1.32 bits per heavy atom. The van der Waals surface area contributed by atoms with Crippen LogP contribution in [0.3, 0.4) is 0 Å². The Morgan fingerprint density at radius 3 is 2.63 bits per heavy atom. The third-order valence-electron chi connectivity index (χ3n) is 3.50. The fourth-order valence-corrected chi connectivity index (χ4v) is 2.28. The summed E-state index contributed by atoms with van der Waals surface area (Å²) in [4.78, 5) is 10.9. The smallest absolute Gasteiger partial charge is 0.335 e. The van der Waals surface area contributed by atoms with Crippen LogP contribution in [0.15, 0.2) is 18.2 Å². The van der Waals surface area contributed by atoms with Crippen LogP contribution < -0.4 is 4.74 Å². The van der Waals surface area contributed by atoms with Crippen molar-refractivity contribution in [2.75, 3.05) is 7.11 Å². The van der Waals surface area contributed by atoms with Crippen LogP contribution in [0, 0.1) is 0 Å². The van der Waals surface area contributed by atoms with E-state index >= 15 is 0 Å². The molecule has 3 heteroatoms. The Balaban J connectivity index is 2.73. The molecule has 1 rings (SSSR count). The summed E-state index contributed by atoms with van der Waals surface area (Å²) >= 11 is 0. The van der Waals surface area contributed by atoms with Crippen molar-refractivity contribution in [3.05, 3.63) is 29.3 Å². The predicted octanol–water partition coefficient (Wildman–Crippen LogP) is 4.47. The minimum Gasteiger partial charge on any atom is -0.496 e. The first-order valence-electron chi connectivity index (χ1n) is 7.01. The number of carboxylic acid groups (broad SMARTS) is 1. The van der Waals surface area contributed by atoms with Gasteiger partial charge >= 0.3 is 5.97 Å². The Morgan fingerprint density at radius 2 is 2.05 bits per heavy atom. The zero-order chi connectivity index (χ0) is 14.3. The van der Waals surface area contributed by atoms with Gasteiger partial charge in [0, 0.05) is 0 Å². The standard InChI is InChI=1S/C16H24O3/c1-4-5-6-7-8-12(2)14-10-9-13(16(17)18)11-15(14)19-3/h9-12H,4-8H2,1-3H3,(H,17,18). The average Bonchev–Trinajstić information content (AvgIpc) is 2.42. The molecule has 0 aliphatic rings. The molecule has 0 aliphatic carbocycles. The molecule has 1 aromatic carbocycles. The van der Waals surface area contributed by atoms with Gasteiger partial charge in [-0.3, -0.25) is 0 Å². The van der Waals surface area contributed by atoms with E-state index in [0.29, 0.717) is 11.7 Å². The Bertz CT molecular complexity index is 412. The van der Waals surface area contributed by atoms with Crippen molar-refractivity contribution in [2.24, 2.45) is 0 Å². The van der Waals surface area contributed by atoms with E-state index in [1.54, 1.807) is 19.2 Å². The van der Waals surface area contributed by atoms with Gasteiger partial charge in [-0.2, -0.15) is 0 Å². The van der Waals surface area contributed by atoms with Crippen molar-refractivity contribution in [2.45, 2.75) is 51.9 Å². The molecule has 1 unspecified atom stereocenters. The van der Waals surface area contributed by atoms with Crippen molar-refractivity contribution in [1.82, 2.24) is 0 Å². The number of carbonyl (C=O) groups is 1. The molecule has 0 saturated heterocycles. The second-order valence-electron chi connectivity index (χ2n) is 5.01. The van der Waals surface area contributed by atoms with Crippen LogP contribution >= 0.6 is 0 Å². The number of benzene rings is 1. The summed E-state index contributed by atoms with van der Waals surface area (Å²) in [5.74, 6) is 0.165. The summed E-state index contributed by atoms with van der Waals surface area (Å²) < 4.78 is 5.32. The highest BCUT2D eigenvalue weighted by molar-refractivity contribution is 5.88. The fraction of sp³-hybridized carbons (Fsp3) is 0.562. The molecule has 0 fully saturated rings. The monoisotopic (exact) mass is 264 g/mol. The Hall–Kier alpha value is -1.51. The number of unbranched alkanes of at least 4 members (excludes halogenated alkanes) is 3. The second kappa shape index (κ2) is 7.82. The van der Waals surface area contributed by atoms with Gasteiger partial charge in [0.2, 0.25) is 0 Å². The molecule has 1 atom stereocenters. The molecule has 0 saturated carbocycles. The molecule has 0 bridgehead atoms. The highest BCUT2D eigenvalue weighted by Crippen LogP contribution is 2.31. The molecule has 1 N–H and O–H groups in total. The summed E-state index contributed by atoms with van der Waals surface area (Å²) in [5.41, 5.74) is 1.38. The molecule has 0 aliphatic heterocycles. The largest absolute Gasteiger partial charge is 0.496 e. The van der Waals surface area contributed by atoms with Gasteiger partial charge in [-0.15, -0.1) is 0 Å². The lowest BCUT2D eigenvalue weighted by Gasteiger charge is -2.16. The first-order valence-corrected chi connectivity index (χ1v) is 7.01. The average molecular weight is 264 g/mol. The molecule has 0 heterocycles. The minimum absolute atomic E-state index is 0.277. The van der Waals surface area contributed by atoms with E-state index in [-0.39, 0.29) is 5.56 Å². The van der Waals surface area contributed by atoms with Crippen LogP contribution in [0.1, 0.15) is 67.8 Å². The first kappa shape index (κ1) is 15.5. The molecule has 1 aromatic rings. The lowest BCUT2D eigenvalue weighted by atomic mass is 9.93. The highest BCUT2D eigenvalue weighted by Gasteiger charge is 2.14. The molecule has 106 valence electrons. The summed E-state index contributed by atoms with van der Waals surface area (Å²) in [6, 6.07) is 5.15. The number of methoxy groups -OCH3 is 1. The van der Waals surface area contributed by atoms with Crippen molar-refractivity contribution >= 4 is 5.97 Å². The maximum absolute atomic E-state index is 10.9. The molecular formula is C16H24O3. The second-order valence-corrected chi connectivity index (χ2v) is 5.01. The quantitative estimate of drug-likeness (QED) is 0.705. The van der Waals surface area contributed by atoms with E-state index in [2.05, 4.69) is 13.8 Å². The lowest BCUT2D eigenvalue weighted by Crippen LogP contribution is -2.02. The normalized spacial score (nSPS) is 12.2. The first-order chi connectivity index (χ1) is 9.10. The zero-order valence-electron chi connectivity index (χ0n) is 12.1. The SMILES string of the molecule is CCCCCCC(C)c1ccc(C(=O)O)cc1OC. The summed E-state index contributed by atoms with van der Waals surface area (Å²) in [7, 11) is 1.59. The van der Waals surface area contributed by atoms with Crippen molar-refractivity contribution < 1.29 is 14.6 Å². The van der Waals surface area contributed by atoms with E-state index in [1.807, 2.05) is 6.07 Å². The van der Waals surface area contributed by atoms with Gasteiger partial charge in [0.1, 0.15) is 5.75 Å². The molecule has 0 spiro atoms. The number of aromatic carboxylic acids is 1. The van der Waals surface area contributed by atoms with Crippen molar-refractivity contribution in [3.8, 4) is 5.75 Å². The van der Waals surface area contributed by atoms with Crippen LogP contribution in [0.5, 0.6) is 5.75 Å². The third kappa shape index (κ3) is 4.58. The number of ether oxygens (including phenoxy) is 1. The van der Waals surface area contributed by atoms with E-state index < -0.39 is 5.97 Å². The van der Waals surface area contributed by atoms with Crippen molar-refractivity contribution in [1.29, 1.82) is 0 Å². The summed E-state index contributed by atoms with van der Waals surface area (Å²) in [6.45, 7) is 4.38. The highest BCUT2D eigenvalue weighted by atomic mass is 16.5. The predicted molar refractivity (Wildman–Crippen MR) is 77.1 cm³/mol. The Kier molecular flexibility index (Phi) is 6.40. The van der Waals surface area contributed by atoms with Crippen LogP contribution in [-0.2, 0) is 0 Å². The molecule has 0 aromatic heterocycles. The molecule has 19 heavy (non-hydrogen) atoms. The van der Waals surface area contributed by atoms with Crippen LogP contribution in [0.4, 0.5) is 0 Å². The fourth-order valence-electron chi connectivity index (χ4n) is 2.28. The van der Waals surface area contributed by atoms with E-state index in [1.165, 1.54) is 25.7 Å². The maximum Gasteiger partial charge on any atom is 0.335 e. The Labute approximate surface area is 115 Å². The third-order valence-corrected chi connectivity index (χ3v) is 3.50. The van der Waals surface area contributed by atoms with E-state index in [0.717, 1.165) is 12.0 Å². The summed E-state index contributed by atoms with van der Waals surface area (Å²) in [6.07, 6.45) is 6.10. The molecule has 3 nitrogen and oxygen atoms in total. The van der Waals surface area contributed by atoms with Gasteiger partial charge in [-0.05, 0) is 30.0 Å². The van der Waals surface area contributed by atoms with Gasteiger partial charge < -0.3 is 9.84 Å². The van der Waals surface area contributed by atoms with Crippen LogP contribution in [-0.4, -0.2) is 18.2 Å². The number of carboxylic acids is 1. The number of hydrogen-bond donors (Lipinski definition) is 1. The van der Waals surface area contributed by atoms with Gasteiger partial charge in [0.15, 0.2) is 0 Å². The molecular weight excluding hydrogens is 240 g/mol. The van der Waals surface area contributed by atoms with Gasteiger partial charge in [0.25, 0.3) is 0 Å². The lowest BCUT2D eigenvalue weighted by molar-refractivity contribution is 0.0696. The van der Waals surface area contributed by atoms with Crippen LogP contribution in [0.2, 0.25) is 0 Å². The number of rotatable bonds is 8. The zero-order valence-corrected chi connectivity index (χ0v) is 12.1. The van der Waals surface area contributed by atoms with Crippen molar-refractivity contribution in [3.63, 3.8) is 0 Å². The topological polar surface area (TPSA) is 46.5 Å². The van der Waals surface area contributed by atoms with Gasteiger partial charge in [-0.25, -0.2) is 4.79 Å². The molecule has 0 radical (unpaired) electrons. The number of hydrogen-bond acceptors (Lipinski definition) is 2. The molecule has 0 amide bonds. The van der Waals surface area contributed by atoms with E-state index in [9.17, 15) is 4.79 Å². The van der Waals surface area contributed by atoms with Gasteiger partial charge in [0.05, 0.1) is 12.7 Å². The van der Waals surface area contributed by atoms with Gasteiger partial charge in [-0.1, -0.05) is 45.6 Å². The summed E-state index contributed by atoms with van der Waals surface area (Å²) in [5, 5.41) is 8.98. The minimum atomic E-state index is -0.916.